The van der Waals surface area contributed by atoms with Gasteiger partial charge < -0.3 is 19.3 Å². The van der Waals surface area contributed by atoms with Crippen LogP contribution in [0.15, 0.2) is 181 Å². The molecule has 9 aromatic carbocycles. The fourth-order valence-corrected chi connectivity index (χ4v) is 10.9. The van der Waals surface area contributed by atoms with Gasteiger partial charge in [-0.3, -0.25) is 0 Å². The van der Waals surface area contributed by atoms with E-state index in [-0.39, 0.29) is 58.6 Å². The van der Waals surface area contributed by atoms with Crippen molar-refractivity contribution in [2.24, 2.45) is 0 Å². The maximum Gasteiger partial charge on any atom is 0.252 e. The molecule has 14 rings (SSSR count). The van der Waals surface area contributed by atoms with Crippen molar-refractivity contribution in [2.75, 3.05) is 14.7 Å². The first-order chi connectivity index (χ1) is 47.2. The smallest absolute Gasteiger partial charge is 0.252 e. The Balaban J connectivity index is 1.31. The molecule has 3 aliphatic heterocycles. The lowest BCUT2D eigenvalue weighted by Gasteiger charge is -2.47. The Morgan fingerprint density at radius 1 is 0.431 bits per heavy atom. The first kappa shape index (κ1) is 22.5. The summed E-state index contributed by atoms with van der Waals surface area (Å²) in [6.07, 6.45) is 0. The van der Waals surface area contributed by atoms with Crippen LogP contribution in [0.4, 0.5) is 51.2 Å². The fraction of sp³-hybridized carbons (Fsp3) is 0.182. The van der Waals surface area contributed by atoms with Crippen LogP contribution < -0.4 is 31.1 Å². The van der Waals surface area contributed by atoms with Gasteiger partial charge in [-0.25, -0.2) is 0 Å². The van der Waals surface area contributed by atoms with Gasteiger partial charge >= 0.3 is 0 Å². The van der Waals surface area contributed by atoms with Gasteiger partial charge in [0.1, 0.15) is 0 Å². The zero-order chi connectivity index (χ0) is 75.3. The Labute approximate surface area is 469 Å². The Kier molecular flexibility index (Phi) is 4.69. The molecule has 0 aliphatic carbocycles. The van der Waals surface area contributed by atoms with Gasteiger partial charge in [-0.15, -0.1) is 11.3 Å². The minimum atomic E-state index is -2.04. The van der Waals surface area contributed by atoms with Crippen molar-refractivity contribution in [2.45, 2.75) is 78.6 Å². The molecule has 0 saturated carbocycles. The highest BCUT2D eigenvalue weighted by Gasteiger charge is 2.47. The molecule has 0 spiro atoms. The van der Waals surface area contributed by atoms with Gasteiger partial charge in [0.15, 0.2) is 0 Å². The van der Waals surface area contributed by atoms with Gasteiger partial charge in [-0.1, -0.05) is 159 Å². The van der Waals surface area contributed by atoms with Gasteiger partial charge in [0.25, 0.3) is 6.71 Å². The predicted molar refractivity (Wildman–Crippen MR) is 312 cm³/mol. The lowest BCUT2D eigenvalue weighted by Crippen LogP contribution is -2.62. The van der Waals surface area contributed by atoms with Gasteiger partial charge in [0.05, 0.1) is 74.9 Å². The second-order valence-corrected chi connectivity index (χ2v) is 22.1. The number of fused-ring (bicyclic) bond motifs is 12. The number of hydrogen-bond donors (Lipinski definition) is 0. The summed E-state index contributed by atoms with van der Waals surface area (Å²) in [6, 6.07) is -24.3. The van der Waals surface area contributed by atoms with Crippen LogP contribution >= 0.6 is 11.3 Å². The summed E-state index contributed by atoms with van der Waals surface area (Å²) in [5.74, 6) is 0. The first-order valence-electron chi connectivity index (χ1n) is 38.2. The highest BCUT2D eigenvalue weighted by atomic mass is 32.1. The van der Waals surface area contributed by atoms with Crippen LogP contribution in [-0.4, -0.2) is 11.3 Å². The third kappa shape index (κ3) is 6.18. The molecule has 0 amide bonds. The Bertz CT molecular complexity index is 5740. The topological polar surface area (TPSA) is 14.7 Å². The van der Waals surface area contributed by atoms with Crippen LogP contribution in [0.25, 0.3) is 47.7 Å². The molecule has 72 heavy (non-hydrogen) atoms. The number of aromatic nitrogens is 1. The normalized spacial score (nSPS) is 19.7. The summed E-state index contributed by atoms with van der Waals surface area (Å²) < 4.78 is 296. The van der Waals surface area contributed by atoms with E-state index in [2.05, 4.69) is 0 Å². The zero-order valence-electron chi connectivity index (χ0n) is 70.3. The quantitative estimate of drug-likeness (QED) is 0.163. The van der Waals surface area contributed by atoms with E-state index in [1.165, 1.54) is 4.90 Å². The number of nitrogens with zero attached hydrogens (tertiary/aromatic N) is 4. The summed E-state index contributed by atoms with van der Waals surface area (Å²) in [5.41, 5.74) is -12.8. The van der Waals surface area contributed by atoms with Gasteiger partial charge in [0, 0.05) is 65.1 Å². The minimum absolute atomic E-state index is 0.142. The maximum absolute atomic E-state index is 11.3. The van der Waals surface area contributed by atoms with Crippen LogP contribution in [0, 0.1) is 0 Å². The van der Waals surface area contributed by atoms with Crippen molar-refractivity contribution in [3.05, 3.63) is 198 Å². The predicted octanol–water partition coefficient (Wildman–Crippen LogP) is 16.9. The Hall–Kier alpha value is -7.54. The monoisotopic (exact) mass is 979 g/mol. The molecule has 0 saturated heterocycles. The van der Waals surface area contributed by atoms with E-state index in [1.54, 1.807) is 62.3 Å². The van der Waals surface area contributed by atoms with E-state index in [0.717, 1.165) is 9.47 Å². The second-order valence-electron chi connectivity index (χ2n) is 21.1. The average Bonchev–Trinajstić information content (AvgIpc) is 1.19. The Morgan fingerprint density at radius 2 is 0.986 bits per heavy atom. The van der Waals surface area contributed by atoms with Crippen molar-refractivity contribution >= 4 is 128 Å². The molecule has 5 heterocycles. The average molecular weight is 979 g/mol. The molecule has 0 bridgehead atoms. The second kappa shape index (κ2) is 15.0. The first-order valence-corrected chi connectivity index (χ1v) is 24.0. The minimum Gasteiger partial charge on any atom is -0.311 e. The maximum atomic E-state index is 11.3. The summed E-state index contributed by atoms with van der Waals surface area (Å²) in [4.78, 5) is 2.83. The van der Waals surface area contributed by atoms with Crippen molar-refractivity contribution in [1.82, 2.24) is 4.57 Å². The van der Waals surface area contributed by atoms with Crippen LogP contribution in [0.1, 0.15) is 120 Å². The van der Waals surface area contributed by atoms with Crippen LogP contribution in [0.2, 0.25) is 0 Å². The Morgan fingerprint density at radius 3 is 1.68 bits per heavy atom. The van der Waals surface area contributed by atoms with E-state index in [9.17, 15) is 35.6 Å². The molecule has 0 N–H and O–H groups in total. The number of anilines is 9. The van der Waals surface area contributed by atoms with Crippen LogP contribution in [0.3, 0.4) is 0 Å². The van der Waals surface area contributed by atoms with E-state index < -0.39 is 278 Å². The molecule has 0 fully saturated rings. The largest absolute Gasteiger partial charge is 0.311 e. The van der Waals surface area contributed by atoms with E-state index >= 15 is 0 Å². The number of rotatable bonds is 4. The molecule has 0 unspecified atom stereocenters. The molecular formula is C66H57BN4S. The molecule has 2 aromatic heterocycles. The lowest BCUT2D eigenvalue weighted by molar-refractivity contribution is 0.590. The third-order valence-electron chi connectivity index (χ3n) is 13.4. The molecule has 11 aromatic rings. The summed E-state index contributed by atoms with van der Waals surface area (Å²) >= 11 is 0.628. The zero-order valence-corrected chi connectivity index (χ0v) is 41.1. The summed E-state index contributed by atoms with van der Waals surface area (Å²) in [7, 11) is 0. The van der Waals surface area contributed by atoms with Crippen molar-refractivity contribution in [3.63, 3.8) is 0 Å². The molecular weight excluding hydrogens is 892 g/mol. The van der Waals surface area contributed by atoms with Crippen molar-refractivity contribution < 1.29 is 41.1 Å². The number of benzene rings is 9. The fourth-order valence-electron chi connectivity index (χ4n) is 9.89. The van der Waals surface area contributed by atoms with E-state index in [4.69, 9.17) is 5.48 Å². The van der Waals surface area contributed by atoms with E-state index in [1.807, 2.05) is 0 Å². The standard InChI is InChI=1S/C66H57BN4S/c1-64(2,3)40-27-31-43(32-28-40)68(44-33-29-41(30-34-44)65(4,5)6)45-35-36-49-55(39-45)69(52-22-16-26-59-60(52)48-18-11-13-25-58(48)72-59)56-37-42(66(7,8)9)38-57-61(56)67(49)50-20-15-24-54-63(50)71(57)53-23-14-19-47-46-17-10-12-21-51(46)70(54)62(47)53/h10-39H,1-9H3/i10D,11D,12D,13D,14D,15D,16D,17D,18D,19D,20D,21D,22D,23D,24D,25D,26D,27D,28D,29D,30D,31D,32D,33D,34D,35D,36D,37D,38D,39D. The van der Waals surface area contributed by atoms with Crippen LogP contribution in [0.5, 0.6) is 0 Å². The highest BCUT2D eigenvalue weighted by molar-refractivity contribution is 7.26. The lowest BCUT2D eigenvalue weighted by atomic mass is 9.33. The molecule has 6 heteroatoms. The number of thiophene rings is 1. The van der Waals surface area contributed by atoms with Crippen molar-refractivity contribution in [1.29, 1.82) is 0 Å². The number of hydrogen-bond acceptors (Lipinski definition) is 4. The van der Waals surface area contributed by atoms with E-state index in [0.29, 0.717) is 16.2 Å². The van der Waals surface area contributed by atoms with Crippen molar-refractivity contribution in [3.8, 4) is 5.69 Å². The molecule has 0 radical (unpaired) electrons. The third-order valence-corrected chi connectivity index (χ3v) is 14.4. The molecule has 350 valence electrons. The summed E-state index contributed by atoms with van der Waals surface area (Å²) in [6.45, 7) is 12.5. The SMILES string of the molecule is [2H]c1c([2H])c2c3c(c1[2H])-n1c4c([2H])c([2H])c([2H])c([2H])c4c4c([2H])c([2H])c([2H])c(c41)N3c1c([2H])c(C(C)(C)C)c([2H])c3c1B2c1c([2H])c([2H])c(N(c2c([2H])c([2H])c(C(C)(C)C)c([2H])c2[2H])c2c([2H])c([2H])c(C(C)(C)C)c([2H])c2[2H])c([2H])c1N3c1c([2H])c([2H])c([2H])c2sc3c([2H])c([2H])c([2H])c([2H])c3c12. The summed E-state index contributed by atoms with van der Waals surface area (Å²) in [5, 5.41) is -1.46. The van der Waals surface area contributed by atoms with Gasteiger partial charge in [-0.05, 0) is 134 Å². The highest BCUT2D eigenvalue weighted by Crippen LogP contribution is 2.54. The molecule has 4 nitrogen and oxygen atoms in total. The van der Waals surface area contributed by atoms with Gasteiger partial charge in [0.2, 0.25) is 0 Å². The van der Waals surface area contributed by atoms with Gasteiger partial charge in [-0.2, -0.15) is 0 Å². The number of para-hydroxylation sites is 3. The van der Waals surface area contributed by atoms with Crippen LogP contribution in [-0.2, 0) is 16.2 Å². The molecule has 0 atom stereocenters. The molecule has 3 aliphatic rings.